The summed E-state index contributed by atoms with van der Waals surface area (Å²) < 4.78 is 11.8. The molecule has 0 saturated heterocycles. The average molecular weight is 361 g/mol. The van der Waals surface area contributed by atoms with Crippen molar-refractivity contribution in [3.63, 3.8) is 0 Å². The minimum absolute atomic E-state index is 0.422. The molecule has 0 heterocycles. The Morgan fingerprint density at radius 1 is 1.23 bits per heavy atom. The summed E-state index contributed by atoms with van der Waals surface area (Å²) in [4.78, 5) is 0. The molecule has 2 aromatic rings. The summed E-state index contributed by atoms with van der Waals surface area (Å²) in [5.74, 6) is 1.30. The second kappa shape index (κ2) is 8.24. The fourth-order valence-electron chi connectivity index (χ4n) is 1.76. The quantitative estimate of drug-likeness (QED) is 0.450. The van der Waals surface area contributed by atoms with E-state index in [-0.39, 0.29) is 0 Å². The van der Waals surface area contributed by atoms with Crippen LogP contribution in [0.15, 0.2) is 64.7 Å². The number of nitrogens with zero attached hydrogens (tertiary/aromatic N) is 1. The number of anilines is 1. The van der Waals surface area contributed by atoms with Crippen molar-refractivity contribution >= 4 is 27.8 Å². The Morgan fingerprint density at radius 2 is 2.00 bits per heavy atom. The van der Waals surface area contributed by atoms with Gasteiger partial charge in [0.25, 0.3) is 0 Å². The molecule has 2 aromatic carbocycles. The molecule has 0 aliphatic carbocycles. The van der Waals surface area contributed by atoms with Crippen LogP contribution in [-0.2, 0) is 0 Å². The fourth-order valence-corrected chi connectivity index (χ4v) is 2.18. The van der Waals surface area contributed by atoms with Gasteiger partial charge in [0.05, 0.1) is 19.0 Å². The van der Waals surface area contributed by atoms with E-state index in [1.165, 1.54) is 0 Å². The zero-order chi connectivity index (χ0) is 15.8. The molecule has 0 atom stereocenters. The molecule has 0 unspecified atom stereocenters. The molecule has 4 nitrogen and oxygen atoms in total. The van der Waals surface area contributed by atoms with Crippen LogP contribution in [0.4, 0.5) is 5.69 Å². The van der Waals surface area contributed by atoms with Crippen LogP contribution in [0.1, 0.15) is 5.56 Å². The van der Waals surface area contributed by atoms with Gasteiger partial charge in [-0.2, -0.15) is 5.10 Å². The standard InChI is InChI=1S/C17H17BrN2O2/c1-3-9-22-17-11-15(18)13(10-16(17)21-2)12-19-20-14-7-5-4-6-8-14/h3-8,10-12,20H,1,9H2,2H3. The van der Waals surface area contributed by atoms with Crippen LogP contribution in [0.2, 0.25) is 0 Å². The van der Waals surface area contributed by atoms with Gasteiger partial charge in [-0.15, -0.1) is 0 Å². The summed E-state index contributed by atoms with van der Waals surface area (Å²) in [6.07, 6.45) is 3.41. The normalized spacial score (nSPS) is 10.5. The Morgan fingerprint density at radius 3 is 2.68 bits per heavy atom. The third-order valence-electron chi connectivity index (χ3n) is 2.81. The van der Waals surface area contributed by atoms with Gasteiger partial charge >= 0.3 is 0 Å². The molecular formula is C17H17BrN2O2. The predicted molar refractivity (Wildman–Crippen MR) is 94.0 cm³/mol. The molecular weight excluding hydrogens is 344 g/mol. The summed E-state index contributed by atoms with van der Waals surface area (Å²) in [6, 6.07) is 13.5. The van der Waals surface area contributed by atoms with Crippen molar-refractivity contribution in [3.05, 3.63) is 65.2 Å². The van der Waals surface area contributed by atoms with E-state index in [1.54, 1.807) is 19.4 Å². The Kier molecular flexibility index (Phi) is 6.03. The van der Waals surface area contributed by atoms with Gasteiger partial charge in [0.15, 0.2) is 11.5 Å². The summed E-state index contributed by atoms with van der Waals surface area (Å²) in [5.41, 5.74) is 4.77. The van der Waals surface area contributed by atoms with Gasteiger partial charge in [0, 0.05) is 10.0 Å². The fraction of sp³-hybridized carbons (Fsp3) is 0.118. The smallest absolute Gasteiger partial charge is 0.162 e. The van der Waals surface area contributed by atoms with E-state index < -0.39 is 0 Å². The summed E-state index contributed by atoms with van der Waals surface area (Å²) in [7, 11) is 1.60. The lowest BCUT2D eigenvalue weighted by Gasteiger charge is -2.11. The van der Waals surface area contributed by atoms with Crippen molar-refractivity contribution < 1.29 is 9.47 Å². The van der Waals surface area contributed by atoms with Gasteiger partial charge in [-0.3, -0.25) is 5.43 Å². The van der Waals surface area contributed by atoms with Gasteiger partial charge in [-0.1, -0.05) is 30.9 Å². The molecule has 22 heavy (non-hydrogen) atoms. The van der Waals surface area contributed by atoms with Gasteiger partial charge in [-0.25, -0.2) is 0 Å². The molecule has 2 rings (SSSR count). The molecule has 0 spiro atoms. The van der Waals surface area contributed by atoms with Crippen LogP contribution in [0.3, 0.4) is 0 Å². The van der Waals surface area contributed by atoms with Crippen molar-refractivity contribution in [3.8, 4) is 11.5 Å². The average Bonchev–Trinajstić information content (AvgIpc) is 2.55. The van der Waals surface area contributed by atoms with Crippen molar-refractivity contribution in [1.82, 2.24) is 0 Å². The first-order chi connectivity index (χ1) is 10.7. The van der Waals surface area contributed by atoms with Crippen LogP contribution in [-0.4, -0.2) is 19.9 Å². The molecule has 0 saturated carbocycles. The molecule has 0 aliphatic heterocycles. The summed E-state index contributed by atoms with van der Waals surface area (Å²) in [6.45, 7) is 4.06. The zero-order valence-electron chi connectivity index (χ0n) is 12.3. The molecule has 0 aliphatic rings. The highest BCUT2D eigenvalue weighted by Gasteiger charge is 2.08. The van der Waals surface area contributed by atoms with Gasteiger partial charge in [0.2, 0.25) is 0 Å². The highest BCUT2D eigenvalue weighted by atomic mass is 79.9. The van der Waals surface area contributed by atoms with E-state index in [1.807, 2.05) is 42.5 Å². The molecule has 114 valence electrons. The minimum Gasteiger partial charge on any atom is -0.493 e. The predicted octanol–water partition coefficient (Wildman–Crippen LogP) is 4.47. The van der Waals surface area contributed by atoms with E-state index >= 15 is 0 Å². The van der Waals surface area contributed by atoms with E-state index in [9.17, 15) is 0 Å². The summed E-state index contributed by atoms with van der Waals surface area (Å²) >= 11 is 3.51. The van der Waals surface area contributed by atoms with E-state index in [0.29, 0.717) is 18.1 Å². The van der Waals surface area contributed by atoms with Crippen molar-refractivity contribution in [2.75, 3.05) is 19.1 Å². The first-order valence-electron chi connectivity index (χ1n) is 6.70. The number of hydrazone groups is 1. The minimum atomic E-state index is 0.422. The highest BCUT2D eigenvalue weighted by Crippen LogP contribution is 2.32. The lowest BCUT2D eigenvalue weighted by atomic mass is 10.2. The lowest BCUT2D eigenvalue weighted by Crippen LogP contribution is -1.98. The molecule has 0 aromatic heterocycles. The zero-order valence-corrected chi connectivity index (χ0v) is 13.8. The van der Waals surface area contributed by atoms with Crippen LogP contribution in [0.5, 0.6) is 11.5 Å². The van der Waals surface area contributed by atoms with Gasteiger partial charge < -0.3 is 9.47 Å². The Balaban J connectivity index is 2.15. The van der Waals surface area contributed by atoms with Crippen LogP contribution < -0.4 is 14.9 Å². The molecule has 0 amide bonds. The Labute approximate surface area is 138 Å². The highest BCUT2D eigenvalue weighted by molar-refractivity contribution is 9.10. The molecule has 0 bridgehead atoms. The Hall–Kier alpha value is -2.27. The van der Waals surface area contributed by atoms with Crippen molar-refractivity contribution in [2.24, 2.45) is 5.10 Å². The second-order valence-corrected chi connectivity index (χ2v) is 5.21. The first-order valence-corrected chi connectivity index (χ1v) is 7.49. The topological polar surface area (TPSA) is 42.8 Å². The Bertz CT molecular complexity index is 657. The SMILES string of the molecule is C=CCOc1cc(Br)c(C=NNc2ccccc2)cc1OC. The second-order valence-electron chi connectivity index (χ2n) is 4.36. The number of benzene rings is 2. The largest absolute Gasteiger partial charge is 0.493 e. The molecule has 0 radical (unpaired) electrons. The third-order valence-corrected chi connectivity index (χ3v) is 3.50. The van der Waals surface area contributed by atoms with Crippen LogP contribution in [0.25, 0.3) is 0 Å². The number of methoxy groups -OCH3 is 1. The van der Waals surface area contributed by atoms with E-state index in [0.717, 1.165) is 15.7 Å². The van der Waals surface area contributed by atoms with Crippen LogP contribution in [0, 0.1) is 0 Å². The number of nitrogens with one attached hydrogen (secondary N) is 1. The van der Waals surface area contributed by atoms with E-state index in [2.05, 4.69) is 33.0 Å². The molecule has 5 heteroatoms. The van der Waals surface area contributed by atoms with Crippen molar-refractivity contribution in [1.29, 1.82) is 0 Å². The monoisotopic (exact) mass is 360 g/mol. The first kappa shape index (κ1) is 16.1. The molecule has 0 fully saturated rings. The van der Waals surface area contributed by atoms with E-state index in [4.69, 9.17) is 9.47 Å². The number of para-hydroxylation sites is 1. The van der Waals surface area contributed by atoms with Gasteiger partial charge in [0.1, 0.15) is 6.61 Å². The molecule has 1 N–H and O–H groups in total. The number of rotatable bonds is 7. The third kappa shape index (κ3) is 4.36. The summed E-state index contributed by atoms with van der Waals surface area (Å²) in [5, 5.41) is 4.22. The number of ether oxygens (including phenoxy) is 2. The number of hydrogen-bond donors (Lipinski definition) is 1. The maximum absolute atomic E-state index is 5.55. The van der Waals surface area contributed by atoms with Crippen molar-refractivity contribution in [2.45, 2.75) is 0 Å². The van der Waals surface area contributed by atoms with Crippen LogP contribution >= 0.6 is 15.9 Å². The van der Waals surface area contributed by atoms with Gasteiger partial charge in [-0.05, 0) is 40.2 Å². The maximum atomic E-state index is 5.55. The number of hydrogen-bond acceptors (Lipinski definition) is 4. The maximum Gasteiger partial charge on any atom is 0.162 e. The lowest BCUT2D eigenvalue weighted by molar-refractivity contribution is 0.326. The number of halogens is 1.